The highest BCUT2D eigenvalue weighted by atomic mass is 14.1. The molecule has 0 aromatic carbocycles. The normalized spacial score (nSPS) is 19.7. The topological polar surface area (TPSA) is 0 Å². The summed E-state index contributed by atoms with van der Waals surface area (Å²) in [5, 5.41) is 0. The van der Waals surface area contributed by atoms with Crippen LogP contribution in [0.15, 0.2) is 11.6 Å². The second kappa shape index (κ2) is 4.58. The summed E-state index contributed by atoms with van der Waals surface area (Å²) in [4.78, 5) is 0. The summed E-state index contributed by atoms with van der Waals surface area (Å²) in [6, 6.07) is 0. The molecule has 0 heteroatoms. The zero-order chi connectivity index (χ0) is 8.10. The molecular weight excluding hydrogens is 132 g/mol. The Balaban J connectivity index is 2.34. The molecule has 0 amide bonds. The van der Waals surface area contributed by atoms with Gasteiger partial charge in [-0.15, -0.1) is 0 Å². The predicted molar refractivity (Wildman–Crippen MR) is 50.6 cm³/mol. The summed E-state index contributed by atoms with van der Waals surface area (Å²) in [5.41, 5.74) is 1.72. The quantitative estimate of drug-likeness (QED) is 0.526. The van der Waals surface area contributed by atoms with E-state index >= 15 is 0 Å². The summed E-state index contributed by atoms with van der Waals surface area (Å²) in [6.07, 6.45) is 10.8. The molecule has 0 spiro atoms. The van der Waals surface area contributed by atoms with Crippen LogP contribution >= 0.6 is 0 Å². The van der Waals surface area contributed by atoms with Gasteiger partial charge in [-0.2, -0.15) is 0 Å². The summed E-state index contributed by atoms with van der Waals surface area (Å²) in [7, 11) is 0. The Morgan fingerprint density at radius 2 is 2.09 bits per heavy atom. The molecule has 0 saturated carbocycles. The van der Waals surface area contributed by atoms with Gasteiger partial charge in [0.15, 0.2) is 0 Å². The van der Waals surface area contributed by atoms with Gasteiger partial charge < -0.3 is 0 Å². The van der Waals surface area contributed by atoms with Gasteiger partial charge in [-0.3, -0.25) is 0 Å². The molecule has 0 nitrogen and oxygen atoms in total. The molecule has 0 heterocycles. The van der Waals surface area contributed by atoms with Gasteiger partial charge in [0.1, 0.15) is 0 Å². The molecule has 64 valence electrons. The zero-order valence-electron chi connectivity index (χ0n) is 7.90. The molecule has 0 saturated heterocycles. The van der Waals surface area contributed by atoms with Crippen LogP contribution in [-0.4, -0.2) is 0 Å². The van der Waals surface area contributed by atoms with E-state index in [1.54, 1.807) is 5.57 Å². The van der Waals surface area contributed by atoms with Crippen LogP contribution in [0.1, 0.15) is 52.4 Å². The fraction of sp³-hybridized carbons (Fsp3) is 0.818. The van der Waals surface area contributed by atoms with Crippen molar-refractivity contribution in [3.63, 3.8) is 0 Å². The van der Waals surface area contributed by atoms with Crippen LogP contribution < -0.4 is 0 Å². The molecule has 0 atom stereocenters. The van der Waals surface area contributed by atoms with Gasteiger partial charge in [0.25, 0.3) is 0 Å². The van der Waals surface area contributed by atoms with Crippen LogP contribution in [-0.2, 0) is 0 Å². The van der Waals surface area contributed by atoms with Crippen molar-refractivity contribution in [1.29, 1.82) is 0 Å². The van der Waals surface area contributed by atoms with E-state index in [9.17, 15) is 0 Å². The lowest BCUT2D eigenvalue weighted by Crippen LogP contribution is -1.90. The SMILES string of the molecule is CC(C)CC1=CCCCCC1. The smallest absolute Gasteiger partial charge is 0.0297 e. The lowest BCUT2D eigenvalue weighted by atomic mass is 9.99. The van der Waals surface area contributed by atoms with E-state index in [-0.39, 0.29) is 0 Å². The maximum absolute atomic E-state index is 2.48. The van der Waals surface area contributed by atoms with Crippen molar-refractivity contribution in [2.24, 2.45) is 5.92 Å². The van der Waals surface area contributed by atoms with E-state index in [4.69, 9.17) is 0 Å². The molecule has 0 N–H and O–H groups in total. The van der Waals surface area contributed by atoms with Crippen molar-refractivity contribution in [3.05, 3.63) is 11.6 Å². The van der Waals surface area contributed by atoms with Crippen molar-refractivity contribution in [1.82, 2.24) is 0 Å². The first-order valence-electron chi connectivity index (χ1n) is 4.97. The summed E-state index contributed by atoms with van der Waals surface area (Å²) < 4.78 is 0. The fourth-order valence-corrected chi connectivity index (χ4v) is 1.79. The summed E-state index contributed by atoms with van der Waals surface area (Å²) in [6.45, 7) is 4.62. The molecule has 0 aromatic rings. The average Bonchev–Trinajstić information content (AvgIpc) is 2.14. The van der Waals surface area contributed by atoms with Crippen LogP contribution in [0.5, 0.6) is 0 Å². The van der Waals surface area contributed by atoms with Gasteiger partial charge in [-0.05, 0) is 38.0 Å². The molecule has 11 heavy (non-hydrogen) atoms. The summed E-state index contributed by atoms with van der Waals surface area (Å²) >= 11 is 0. The van der Waals surface area contributed by atoms with Crippen LogP contribution in [0.25, 0.3) is 0 Å². The van der Waals surface area contributed by atoms with E-state index in [2.05, 4.69) is 19.9 Å². The third-order valence-corrected chi connectivity index (χ3v) is 2.31. The number of hydrogen-bond donors (Lipinski definition) is 0. The zero-order valence-corrected chi connectivity index (χ0v) is 7.90. The first kappa shape index (κ1) is 8.83. The average molecular weight is 152 g/mol. The van der Waals surface area contributed by atoms with E-state index in [1.807, 2.05) is 0 Å². The van der Waals surface area contributed by atoms with Crippen molar-refractivity contribution in [2.45, 2.75) is 52.4 Å². The second-order valence-electron chi connectivity index (χ2n) is 4.06. The molecule has 0 fully saturated rings. The van der Waals surface area contributed by atoms with Crippen molar-refractivity contribution in [3.8, 4) is 0 Å². The first-order valence-corrected chi connectivity index (χ1v) is 4.97. The van der Waals surface area contributed by atoms with Crippen molar-refractivity contribution < 1.29 is 0 Å². The van der Waals surface area contributed by atoms with Crippen LogP contribution in [0, 0.1) is 5.92 Å². The van der Waals surface area contributed by atoms with E-state index in [0.29, 0.717) is 0 Å². The first-order chi connectivity index (χ1) is 5.29. The van der Waals surface area contributed by atoms with E-state index < -0.39 is 0 Å². The molecule has 0 bridgehead atoms. The van der Waals surface area contributed by atoms with Gasteiger partial charge in [-0.1, -0.05) is 31.9 Å². The minimum absolute atomic E-state index is 0.847. The lowest BCUT2D eigenvalue weighted by molar-refractivity contribution is 0.615. The Hall–Kier alpha value is -0.260. The lowest BCUT2D eigenvalue weighted by Gasteiger charge is -2.07. The molecule has 1 aliphatic carbocycles. The van der Waals surface area contributed by atoms with Crippen molar-refractivity contribution >= 4 is 0 Å². The third-order valence-electron chi connectivity index (χ3n) is 2.31. The van der Waals surface area contributed by atoms with Gasteiger partial charge >= 0.3 is 0 Å². The summed E-state index contributed by atoms with van der Waals surface area (Å²) in [5.74, 6) is 0.847. The third kappa shape index (κ3) is 3.60. The largest absolute Gasteiger partial charge is 0.0853 e. The van der Waals surface area contributed by atoms with Gasteiger partial charge in [0, 0.05) is 0 Å². The standard InChI is InChI=1S/C11H20/c1-10(2)9-11-7-5-3-4-6-8-11/h7,10H,3-6,8-9H2,1-2H3. The number of rotatable bonds is 2. The molecule has 1 rings (SSSR count). The Kier molecular flexibility index (Phi) is 3.68. The maximum Gasteiger partial charge on any atom is -0.0297 e. The predicted octanol–water partition coefficient (Wildman–Crippen LogP) is 3.92. The van der Waals surface area contributed by atoms with E-state index in [0.717, 1.165) is 5.92 Å². The molecule has 0 radical (unpaired) electrons. The minimum atomic E-state index is 0.847. The highest BCUT2D eigenvalue weighted by Gasteiger charge is 2.03. The Morgan fingerprint density at radius 1 is 1.27 bits per heavy atom. The number of hydrogen-bond acceptors (Lipinski definition) is 0. The maximum atomic E-state index is 2.48. The minimum Gasteiger partial charge on any atom is -0.0853 e. The Morgan fingerprint density at radius 3 is 2.82 bits per heavy atom. The fourth-order valence-electron chi connectivity index (χ4n) is 1.79. The Labute approximate surface area is 70.7 Å². The monoisotopic (exact) mass is 152 g/mol. The molecule has 1 aliphatic rings. The Bertz CT molecular complexity index is 131. The van der Waals surface area contributed by atoms with Crippen LogP contribution in [0.4, 0.5) is 0 Å². The van der Waals surface area contributed by atoms with Gasteiger partial charge in [0.2, 0.25) is 0 Å². The molecule has 0 aromatic heterocycles. The second-order valence-corrected chi connectivity index (χ2v) is 4.06. The molecular formula is C11H20. The number of allylic oxidation sites excluding steroid dienone is 2. The van der Waals surface area contributed by atoms with Crippen LogP contribution in [0.3, 0.4) is 0 Å². The highest BCUT2D eigenvalue weighted by molar-refractivity contribution is 5.03. The van der Waals surface area contributed by atoms with Gasteiger partial charge in [0.05, 0.1) is 0 Å². The van der Waals surface area contributed by atoms with Gasteiger partial charge in [-0.25, -0.2) is 0 Å². The van der Waals surface area contributed by atoms with Crippen molar-refractivity contribution in [2.75, 3.05) is 0 Å². The molecule has 0 unspecified atom stereocenters. The highest BCUT2D eigenvalue weighted by Crippen LogP contribution is 2.22. The molecule has 0 aliphatic heterocycles. The van der Waals surface area contributed by atoms with E-state index in [1.165, 1.54) is 38.5 Å². The van der Waals surface area contributed by atoms with Crippen LogP contribution in [0.2, 0.25) is 0 Å².